The van der Waals surface area contributed by atoms with Crippen LogP contribution in [-0.2, 0) is 16.0 Å². The molecule has 2 aliphatic rings. The van der Waals surface area contributed by atoms with Crippen LogP contribution in [0.15, 0.2) is 6.33 Å². The molecule has 1 atom stereocenters. The van der Waals surface area contributed by atoms with E-state index in [2.05, 4.69) is 22.2 Å². The number of hydrogen-bond donors (Lipinski definition) is 1. The summed E-state index contributed by atoms with van der Waals surface area (Å²) in [4.78, 5) is 34.8. The zero-order chi connectivity index (χ0) is 22.9. The second-order valence-corrected chi connectivity index (χ2v) is 11.1. The van der Waals surface area contributed by atoms with Gasteiger partial charge in [0, 0.05) is 16.8 Å². The Hall–Kier alpha value is -2.22. The van der Waals surface area contributed by atoms with Gasteiger partial charge in [0.25, 0.3) is 0 Å². The zero-order valence-corrected chi connectivity index (χ0v) is 20.2. The Morgan fingerprint density at radius 3 is 2.69 bits per heavy atom. The maximum absolute atomic E-state index is 12.4. The van der Waals surface area contributed by atoms with Crippen molar-refractivity contribution in [3.63, 3.8) is 0 Å². The van der Waals surface area contributed by atoms with E-state index in [1.165, 1.54) is 10.4 Å². The minimum absolute atomic E-state index is 0.0367. The van der Waals surface area contributed by atoms with Gasteiger partial charge in [-0.05, 0) is 77.2 Å². The third kappa shape index (κ3) is 4.75. The van der Waals surface area contributed by atoms with Gasteiger partial charge >= 0.3 is 6.09 Å². The zero-order valence-electron chi connectivity index (χ0n) is 19.4. The Bertz CT molecular complexity index is 989. The predicted molar refractivity (Wildman–Crippen MR) is 124 cm³/mol. The first-order valence-electron chi connectivity index (χ1n) is 11.6. The van der Waals surface area contributed by atoms with Crippen molar-refractivity contribution in [3.8, 4) is 5.88 Å². The summed E-state index contributed by atoms with van der Waals surface area (Å²) < 4.78 is 11.9. The van der Waals surface area contributed by atoms with Crippen LogP contribution in [0, 0.1) is 0 Å². The Balaban J connectivity index is 1.46. The Morgan fingerprint density at radius 2 is 2.03 bits per heavy atom. The first-order chi connectivity index (χ1) is 15.2. The Morgan fingerprint density at radius 1 is 1.28 bits per heavy atom. The second kappa shape index (κ2) is 8.96. The molecule has 4 rings (SSSR count). The van der Waals surface area contributed by atoms with E-state index < -0.39 is 5.60 Å². The molecule has 2 aromatic rings. The van der Waals surface area contributed by atoms with E-state index in [0.29, 0.717) is 12.3 Å². The van der Waals surface area contributed by atoms with Gasteiger partial charge in [0.15, 0.2) is 0 Å². The summed E-state index contributed by atoms with van der Waals surface area (Å²) in [5.41, 5.74) is 0.445. The quantitative estimate of drug-likeness (QED) is 0.589. The number of nitrogens with one attached hydrogen (secondary N) is 1. The molecule has 0 spiro atoms. The molecule has 1 amide bonds. The molecule has 2 heterocycles. The van der Waals surface area contributed by atoms with Gasteiger partial charge in [0.05, 0.1) is 5.39 Å². The number of amides is 1. The number of aromatic nitrogens is 2. The SMILES string of the molecule is CC[C@]1(NC(=O)OC(C)(C)C)CC[C@H](Oc2ncnc3sc4c(c23)[C@@H](CC=O)CC4)CC1. The molecule has 8 heteroatoms. The molecule has 0 aliphatic heterocycles. The van der Waals surface area contributed by atoms with Crippen molar-refractivity contribution in [2.24, 2.45) is 0 Å². The van der Waals surface area contributed by atoms with E-state index in [4.69, 9.17) is 9.47 Å². The molecule has 0 aromatic carbocycles. The van der Waals surface area contributed by atoms with Crippen molar-refractivity contribution in [1.29, 1.82) is 0 Å². The molecule has 0 radical (unpaired) electrons. The van der Waals surface area contributed by atoms with Crippen molar-refractivity contribution in [3.05, 3.63) is 16.8 Å². The van der Waals surface area contributed by atoms with Crippen LogP contribution in [0.3, 0.4) is 0 Å². The molecule has 2 aliphatic carbocycles. The molecule has 32 heavy (non-hydrogen) atoms. The second-order valence-electron chi connectivity index (χ2n) is 10.0. The fourth-order valence-electron chi connectivity index (χ4n) is 4.99. The van der Waals surface area contributed by atoms with Crippen LogP contribution in [0.4, 0.5) is 4.79 Å². The molecule has 1 N–H and O–H groups in total. The molecular weight excluding hydrogens is 426 g/mol. The highest BCUT2D eigenvalue weighted by atomic mass is 32.1. The molecule has 1 fully saturated rings. The first kappa shape index (κ1) is 23.0. The van der Waals surface area contributed by atoms with Gasteiger partial charge in [0.1, 0.15) is 29.1 Å². The van der Waals surface area contributed by atoms with Gasteiger partial charge in [0.2, 0.25) is 5.88 Å². The Labute approximate surface area is 193 Å². The number of thiophene rings is 1. The van der Waals surface area contributed by atoms with Gasteiger partial charge in [-0.15, -0.1) is 11.3 Å². The largest absolute Gasteiger partial charge is 0.474 e. The molecule has 0 saturated heterocycles. The summed E-state index contributed by atoms with van der Waals surface area (Å²) in [5.74, 6) is 0.876. The van der Waals surface area contributed by atoms with Gasteiger partial charge in [-0.25, -0.2) is 14.8 Å². The summed E-state index contributed by atoms with van der Waals surface area (Å²) in [6, 6.07) is 0. The summed E-state index contributed by atoms with van der Waals surface area (Å²) in [6.45, 7) is 7.73. The molecule has 0 unspecified atom stereocenters. The van der Waals surface area contributed by atoms with E-state index in [9.17, 15) is 9.59 Å². The highest BCUT2D eigenvalue weighted by Gasteiger charge is 2.38. The number of fused-ring (bicyclic) bond motifs is 3. The lowest BCUT2D eigenvalue weighted by Crippen LogP contribution is -2.52. The lowest BCUT2D eigenvalue weighted by atomic mass is 9.78. The van der Waals surface area contributed by atoms with Crippen LogP contribution in [0.1, 0.15) is 89.0 Å². The third-order valence-corrected chi connectivity index (χ3v) is 7.86. The average Bonchev–Trinajstić information content (AvgIpc) is 3.28. The average molecular weight is 460 g/mol. The number of nitrogens with zero attached hydrogens (tertiary/aromatic N) is 2. The van der Waals surface area contributed by atoms with Gasteiger partial charge < -0.3 is 19.6 Å². The van der Waals surface area contributed by atoms with E-state index in [1.54, 1.807) is 17.7 Å². The normalized spacial score (nSPS) is 25.4. The molecule has 7 nitrogen and oxygen atoms in total. The van der Waals surface area contributed by atoms with Crippen LogP contribution in [-0.4, -0.2) is 39.6 Å². The van der Waals surface area contributed by atoms with Crippen LogP contribution >= 0.6 is 11.3 Å². The lowest BCUT2D eigenvalue weighted by molar-refractivity contribution is -0.108. The van der Waals surface area contributed by atoms with E-state index >= 15 is 0 Å². The van der Waals surface area contributed by atoms with Gasteiger partial charge in [-0.3, -0.25) is 0 Å². The van der Waals surface area contributed by atoms with Crippen molar-refractivity contribution >= 4 is 33.9 Å². The maximum Gasteiger partial charge on any atom is 0.408 e. The van der Waals surface area contributed by atoms with Crippen molar-refractivity contribution in [2.75, 3.05) is 0 Å². The third-order valence-electron chi connectivity index (χ3n) is 6.69. The number of alkyl carbamates (subject to hydrolysis) is 1. The number of carbonyl (C=O) groups excluding carboxylic acids is 2. The smallest absolute Gasteiger partial charge is 0.408 e. The molecule has 174 valence electrons. The van der Waals surface area contributed by atoms with Crippen LogP contribution < -0.4 is 10.1 Å². The molecule has 2 aromatic heterocycles. The fraction of sp³-hybridized carbons (Fsp3) is 0.667. The van der Waals surface area contributed by atoms with Crippen LogP contribution in [0.2, 0.25) is 0 Å². The van der Waals surface area contributed by atoms with E-state index in [1.807, 2.05) is 20.8 Å². The van der Waals surface area contributed by atoms with Crippen molar-refractivity contribution in [2.45, 2.75) is 102 Å². The number of ether oxygens (including phenoxy) is 2. The monoisotopic (exact) mass is 459 g/mol. The van der Waals surface area contributed by atoms with E-state index in [-0.39, 0.29) is 23.7 Å². The van der Waals surface area contributed by atoms with Crippen LogP contribution in [0.5, 0.6) is 5.88 Å². The van der Waals surface area contributed by atoms with Crippen molar-refractivity contribution in [1.82, 2.24) is 15.3 Å². The lowest BCUT2D eigenvalue weighted by Gasteiger charge is -2.40. The summed E-state index contributed by atoms with van der Waals surface area (Å²) in [6.07, 6.45) is 8.97. The van der Waals surface area contributed by atoms with E-state index in [0.717, 1.165) is 61.4 Å². The summed E-state index contributed by atoms with van der Waals surface area (Å²) in [5, 5.41) is 4.12. The highest BCUT2D eigenvalue weighted by molar-refractivity contribution is 7.19. The first-order valence-corrected chi connectivity index (χ1v) is 12.4. The molecule has 0 bridgehead atoms. The number of hydrogen-bond acceptors (Lipinski definition) is 7. The van der Waals surface area contributed by atoms with Crippen LogP contribution in [0.25, 0.3) is 10.2 Å². The number of carbonyl (C=O) groups is 2. The maximum atomic E-state index is 12.4. The summed E-state index contributed by atoms with van der Waals surface area (Å²) >= 11 is 1.70. The topological polar surface area (TPSA) is 90.4 Å². The molecule has 1 saturated carbocycles. The van der Waals surface area contributed by atoms with Gasteiger partial charge in [-0.1, -0.05) is 6.92 Å². The minimum Gasteiger partial charge on any atom is -0.474 e. The predicted octanol–water partition coefficient (Wildman–Crippen LogP) is 5.31. The Kier molecular flexibility index (Phi) is 6.43. The van der Waals surface area contributed by atoms with Crippen molar-refractivity contribution < 1.29 is 19.1 Å². The van der Waals surface area contributed by atoms with Gasteiger partial charge in [-0.2, -0.15) is 0 Å². The standard InChI is InChI=1S/C24H33N3O4S/c1-5-24(27-22(29)31-23(2,3)4)11-8-16(9-12-24)30-20-19-18-15(10-13-28)6-7-17(18)32-21(19)26-14-25-20/h13-16H,5-12H2,1-4H3,(H,27,29)/t15-,16-,24-/m1/s1. The number of aryl methyl sites for hydroxylation is 1. The molecular formula is C24H33N3O4S. The fourth-order valence-corrected chi connectivity index (χ4v) is 6.22. The number of rotatable bonds is 6. The minimum atomic E-state index is -0.514. The number of aldehydes is 1. The summed E-state index contributed by atoms with van der Waals surface area (Å²) in [7, 11) is 0. The highest BCUT2D eigenvalue weighted by Crippen LogP contribution is 2.47.